The number of Topliss-reactive ketones (excluding diaryl/α,β-unsaturated/α-hetero) is 1. The zero-order valence-corrected chi connectivity index (χ0v) is 11.5. The monoisotopic (exact) mass is 287 g/mol. The van der Waals surface area contributed by atoms with E-state index in [4.69, 9.17) is 4.74 Å². The van der Waals surface area contributed by atoms with Crippen LogP contribution in [0.25, 0.3) is 0 Å². The molecule has 1 heterocycles. The van der Waals surface area contributed by atoms with E-state index in [0.717, 1.165) is 30.7 Å². The van der Waals surface area contributed by atoms with E-state index in [-0.39, 0.29) is 5.76 Å². The first-order valence-corrected chi connectivity index (χ1v) is 6.69. The number of halogens is 1. The van der Waals surface area contributed by atoms with Gasteiger partial charge in [-0.2, -0.15) is 0 Å². The van der Waals surface area contributed by atoms with Gasteiger partial charge in [0.15, 0.2) is 11.4 Å². The summed E-state index contributed by atoms with van der Waals surface area (Å²) in [4.78, 5) is 25.5. The minimum Gasteiger partial charge on any atom is -0.406 e. The van der Waals surface area contributed by atoms with Gasteiger partial charge >= 0.3 is 6.09 Å². The molecule has 108 valence electrons. The Hall–Kier alpha value is -2.43. The highest BCUT2D eigenvalue weighted by Gasteiger charge is 2.37. The molecule has 4 nitrogen and oxygen atoms in total. The molecule has 21 heavy (non-hydrogen) atoms. The molecule has 1 aromatic carbocycles. The molecule has 1 aromatic rings. The highest BCUT2D eigenvalue weighted by molar-refractivity contribution is 6.05. The van der Waals surface area contributed by atoms with Crippen molar-refractivity contribution in [1.29, 1.82) is 0 Å². The van der Waals surface area contributed by atoms with Gasteiger partial charge in [0.1, 0.15) is 0 Å². The normalized spacial score (nSPS) is 23.8. The molecule has 5 heteroatoms. The summed E-state index contributed by atoms with van der Waals surface area (Å²) in [6.45, 7) is 1.63. The number of ketones is 1. The summed E-state index contributed by atoms with van der Waals surface area (Å²) in [5, 5.41) is 0. The number of benzene rings is 1. The van der Waals surface area contributed by atoms with Gasteiger partial charge in [0.05, 0.1) is 5.69 Å². The Morgan fingerprint density at radius 1 is 1.38 bits per heavy atom. The topological polar surface area (TPSA) is 46.6 Å². The van der Waals surface area contributed by atoms with E-state index in [1.54, 1.807) is 0 Å². The Balaban J connectivity index is 1.78. The second-order valence-electron chi connectivity index (χ2n) is 5.19. The lowest BCUT2D eigenvalue weighted by molar-refractivity contribution is -0.125. The number of rotatable bonds is 1. The number of fused-ring (bicyclic) bond motifs is 1. The molecular formula is C16H14FNO3. The van der Waals surface area contributed by atoms with E-state index in [9.17, 15) is 14.0 Å². The van der Waals surface area contributed by atoms with Crippen LogP contribution < -0.4 is 4.90 Å². The van der Waals surface area contributed by atoms with Gasteiger partial charge in [-0.1, -0.05) is 24.3 Å². The summed E-state index contributed by atoms with van der Waals surface area (Å²) in [5.41, 5.74) is -0.314. The van der Waals surface area contributed by atoms with E-state index in [1.807, 2.05) is 24.3 Å². The third-order valence-corrected chi connectivity index (χ3v) is 3.63. The molecule has 0 N–H and O–H groups in total. The number of hydrogen-bond donors (Lipinski definition) is 0. The predicted molar refractivity (Wildman–Crippen MR) is 75.7 cm³/mol. The van der Waals surface area contributed by atoms with Crippen LogP contribution in [0.3, 0.4) is 0 Å². The summed E-state index contributed by atoms with van der Waals surface area (Å²) < 4.78 is 19.0. The Kier molecular flexibility index (Phi) is 3.12. The molecule has 0 fully saturated rings. The van der Waals surface area contributed by atoms with Crippen molar-refractivity contribution in [2.75, 3.05) is 11.4 Å². The van der Waals surface area contributed by atoms with Gasteiger partial charge in [-0.3, -0.25) is 9.69 Å². The molecule has 0 bridgehead atoms. The Bertz CT molecular complexity index is 676. The van der Waals surface area contributed by atoms with Crippen LogP contribution >= 0.6 is 0 Å². The number of carbonyl (C=O) groups is 2. The molecule has 1 atom stereocenters. The first-order chi connectivity index (χ1) is 9.99. The maximum atomic E-state index is 13.9. The number of para-hydroxylation sites is 1. The standard InChI is InChI=1S/C16H14FNO3/c1-16(17)9-4-7-13(14(16)19)21-15(20)18-10-8-11-5-2-3-6-12(11)18/h2-7,9H,8,10H2,1H3/t16-/m0/s1. The SMILES string of the molecule is C[C@]1(F)C=CC=C(OC(=O)N2CCc3ccccc32)C1=O. The van der Waals surface area contributed by atoms with E-state index < -0.39 is 17.5 Å². The van der Waals surface area contributed by atoms with Crippen LogP contribution in [0.5, 0.6) is 0 Å². The van der Waals surface area contributed by atoms with Crippen LogP contribution in [0.1, 0.15) is 12.5 Å². The Morgan fingerprint density at radius 2 is 2.14 bits per heavy atom. The number of anilines is 1. The highest BCUT2D eigenvalue weighted by Crippen LogP contribution is 2.29. The molecule has 2 aliphatic rings. The molecule has 1 aliphatic carbocycles. The smallest absolute Gasteiger partial charge is 0.406 e. The largest absolute Gasteiger partial charge is 0.419 e. The minimum absolute atomic E-state index is 0.267. The number of allylic oxidation sites excluding steroid dienone is 4. The van der Waals surface area contributed by atoms with Crippen LogP contribution in [0.15, 0.2) is 48.3 Å². The van der Waals surface area contributed by atoms with Crippen LogP contribution in [0, 0.1) is 0 Å². The zero-order valence-electron chi connectivity index (χ0n) is 11.5. The van der Waals surface area contributed by atoms with Crippen LogP contribution in [-0.4, -0.2) is 24.1 Å². The van der Waals surface area contributed by atoms with Gasteiger partial charge in [0.25, 0.3) is 0 Å². The van der Waals surface area contributed by atoms with E-state index in [0.29, 0.717) is 6.54 Å². The number of hydrogen-bond acceptors (Lipinski definition) is 3. The average molecular weight is 287 g/mol. The van der Waals surface area contributed by atoms with E-state index >= 15 is 0 Å². The van der Waals surface area contributed by atoms with Crippen LogP contribution in [0.4, 0.5) is 14.9 Å². The number of alkyl halides is 1. The van der Waals surface area contributed by atoms with Crippen LogP contribution in [-0.2, 0) is 16.0 Å². The van der Waals surface area contributed by atoms with Crippen molar-refractivity contribution in [2.45, 2.75) is 19.0 Å². The van der Waals surface area contributed by atoms with Crippen molar-refractivity contribution in [3.05, 3.63) is 53.8 Å². The number of amides is 1. The van der Waals surface area contributed by atoms with E-state index in [2.05, 4.69) is 0 Å². The quantitative estimate of drug-likeness (QED) is 0.798. The molecule has 3 rings (SSSR count). The molecule has 0 aromatic heterocycles. The van der Waals surface area contributed by atoms with Crippen molar-refractivity contribution in [2.24, 2.45) is 0 Å². The number of ether oxygens (including phenoxy) is 1. The maximum absolute atomic E-state index is 13.9. The van der Waals surface area contributed by atoms with Crippen molar-refractivity contribution < 1.29 is 18.7 Å². The van der Waals surface area contributed by atoms with Gasteiger partial charge < -0.3 is 4.74 Å². The highest BCUT2D eigenvalue weighted by atomic mass is 19.1. The van der Waals surface area contributed by atoms with Crippen LogP contribution in [0.2, 0.25) is 0 Å². The molecule has 0 saturated carbocycles. The summed E-state index contributed by atoms with van der Waals surface area (Å²) >= 11 is 0. The van der Waals surface area contributed by atoms with Crippen molar-refractivity contribution in [3.63, 3.8) is 0 Å². The van der Waals surface area contributed by atoms with Gasteiger partial charge in [-0.15, -0.1) is 0 Å². The summed E-state index contributed by atoms with van der Waals surface area (Å²) in [5.74, 6) is -1.11. The average Bonchev–Trinajstić information content (AvgIpc) is 2.88. The second-order valence-corrected chi connectivity index (χ2v) is 5.19. The number of nitrogens with zero attached hydrogens (tertiary/aromatic N) is 1. The second kappa shape index (κ2) is 4.84. The zero-order chi connectivity index (χ0) is 15.0. The van der Waals surface area contributed by atoms with Gasteiger partial charge in [0, 0.05) is 6.54 Å². The third kappa shape index (κ3) is 2.35. The summed E-state index contributed by atoms with van der Waals surface area (Å²) in [6, 6.07) is 7.49. The van der Waals surface area contributed by atoms with Crippen molar-refractivity contribution in [1.82, 2.24) is 0 Å². The lowest BCUT2D eigenvalue weighted by atomic mass is 9.97. The molecule has 0 unspecified atom stereocenters. The van der Waals surface area contributed by atoms with Gasteiger partial charge in [0.2, 0.25) is 5.78 Å². The van der Waals surface area contributed by atoms with Gasteiger partial charge in [-0.25, -0.2) is 9.18 Å². The summed E-state index contributed by atoms with van der Waals surface area (Å²) in [7, 11) is 0. The third-order valence-electron chi connectivity index (χ3n) is 3.63. The lowest BCUT2D eigenvalue weighted by Gasteiger charge is -2.22. The van der Waals surface area contributed by atoms with Crippen molar-refractivity contribution in [3.8, 4) is 0 Å². The predicted octanol–water partition coefficient (Wildman–Crippen LogP) is 2.94. The fourth-order valence-corrected chi connectivity index (χ4v) is 2.47. The molecular weight excluding hydrogens is 273 g/mol. The Morgan fingerprint density at radius 3 is 2.95 bits per heavy atom. The minimum atomic E-state index is -2.13. The molecule has 0 spiro atoms. The molecule has 0 radical (unpaired) electrons. The molecule has 0 saturated heterocycles. The lowest BCUT2D eigenvalue weighted by Crippen LogP contribution is -2.36. The Labute approximate surface area is 121 Å². The van der Waals surface area contributed by atoms with Gasteiger partial charge in [-0.05, 0) is 37.1 Å². The first kappa shape index (κ1) is 13.5. The molecule has 1 aliphatic heterocycles. The van der Waals surface area contributed by atoms with E-state index in [1.165, 1.54) is 17.1 Å². The summed E-state index contributed by atoms with van der Waals surface area (Å²) in [6.07, 6.45) is 3.90. The molecule has 1 amide bonds. The fourth-order valence-electron chi connectivity index (χ4n) is 2.47. The fraction of sp³-hybridized carbons (Fsp3) is 0.250. The maximum Gasteiger partial charge on any atom is 0.419 e. The van der Waals surface area contributed by atoms with Crippen molar-refractivity contribution >= 4 is 17.6 Å². The number of carbonyl (C=O) groups excluding carboxylic acids is 2. The first-order valence-electron chi connectivity index (χ1n) is 6.69.